The lowest BCUT2D eigenvalue weighted by Gasteiger charge is -2.19. The number of ether oxygens (including phenoxy) is 2. The number of rotatable bonds is 7. The highest BCUT2D eigenvalue weighted by Crippen LogP contribution is 2.36. The number of hydrogen-bond acceptors (Lipinski definition) is 10. The summed E-state index contributed by atoms with van der Waals surface area (Å²) in [7, 11) is -2.54. The number of pyridine rings is 1. The Morgan fingerprint density at radius 1 is 1.19 bits per heavy atom. The molecule has 0 radical (unpaired) electrons. The van der Waals surface area contributed by atoms with Gasteiger partial charge < -0.3 is 34.4 Å². The second-order valence-electron chi connectivity index (χ2n) is 7.00. The van der Waals surface area contributed by atoms with E-state index in [1.165, 1.54) is 17.2 Å². The molecule has 3 aromatic heterocycles. The molecule has 0 unspecified atom stereocenters. The highest BCUT2D eigenvalue weighted by Gasteiger charge is 2.44. The number of aromatic nitrogens is 5. The van der Waals surface area contributed by atoms with E-state index in [0.29, 0.717) is 17.0 Å². The Bertz CT molecular complexity index is 1090. The van der Waals surface area contributed by atoms with Gasteiger partial charge in [0.05, 0.1) is 12.9 Å². The number of fused-ring (bicyclic) bond motifs is 1. The topological polar surface area (TPSA) is 176 Å². The normalized spacial score (nSPS) is 24.0. The van der Waals surface area contributed by atoms with Crippen molar-refractivity contribution in [2.24, 2.45) is 0 Å². The monoisotopic (exact) mass is 452 g/mol. The highest BCUT2D eigenvalue weighted by atomic mass is 31.2. The summed E-state index contributed by atoms with van der Waals surface area (Å²) >= 11 is 0. The summed E-state index contributed by atoms with van der Waals surface area (Å²) in [6, 6.07) is 3.63. The van der Waals surface area contributed by atoms with Gasteiger partial charge in [-0.3, -0.25) is 14.1 Å². The summed E-state index contributed by atoms with van der Waals surface area (Å²) in [5.41, 5.74) is 1.66. The minimum atomic E-state index is -4.36. The molecule has 0 amide bonds. The molecule has 1 aliphatic heterocycles. The summed E-state index contributed by atoms with van der Waals surface area (Å²) in [5, 5.41) is 20.8. The lowest BCUT2D eigenvalue weighted by Crippen LogP contribution is -2.33. The molecule has 0 aliphatic carbocycles. The number of aliphatic hydroxyl groups excluding tert-OH is 2. The van der Waals surface area contributed by atoms with Crippen molar-refractivity contribution < 1.29 is 34.0 Å². The average Bonchev–Trinajstić information content (AvgIpc) is 3.29. The van der Waals surface area contributed by atoms with Crippen molar-refractivity contribution in [1.29, 1.82) is 0 Å². The molecule has 3 aromatic rings. The first kappa shape index (κ1) is 21.7. The molecule has 4 atom stereocenters. The van der Waals surface area contributed by atoms with Crippen LogP contribution in [0.1, 0.15) is 6.23 Å². The zero-order valence-corrected chi connectivity index (χ0v) is 17.2. The Morgan fingerprint density at radius 2 is 1.94 bits per heavy atom. The maximum Gasteiger partial charge on any atom is 0.350 e. The second-order valence-corrected chi connectivity index (χ2v) is 8.58. The van der Waals surface area contributed by atoms with Crippen LogP contribution in [0.3, 0.4) is 0 Å². The summed E-state index contributed by atoms with van der Waals surface area (Å²) in [6.45, 7) is -0.308. The maximum absolute atomic E-state index is 10.9. The van der Waals surface area contributed by atoms with E-state index in [4.69, 9.17) is 19.3 Å². The summed E-state index contributed by atoms with van der Waals surface area (Å²) in [4.78, 5) is 36.5. The molecule has 0 aromatic carbocycles. The van der Waals surface area contributed by atoms with Gasteiger partial charge in [-0.05, 0) is 12.1 Å². The molecule has 1 fully saturated rings. The van der Waals surface area contributed by atoms with Gasteiger partial charge in [0.25, 0.3) is 0 Å². The minimum absolute atomic E-state index is 0.308. The largest absolute Gasteiger partial charge is 0.387 e. The van der Waals surface area contributed by atoms with Crippen LogP contribution in [0, 0.1) is 0 Å². The van der Waals surface area contributed by atoms with Gasteiger partial charge in [-0.1, -0.05) is 0 Å². The first-order valence-corrected chi connectivity index (χ1v) is 11.0. The van der Waals surface area contributed by atoms with Crippen LogP contribution in [0.2, 0.25) is 0 Å². The zero-order chi connectivity index (χ0) is 22.2. The molecule has 1 aliphatic rings. The van der Waals surface area contributed by atoms with E-state index >= 15 is 0 Å². The molecular weight excluding hydrogens is 431 g/mol. The van der Waals surface area contributed by atoms with Gasteiger partial charge >= 0.3 is 7.60 Å². The van der Waals surface area contributed by atoms with Gasteiger partial charge in [0.2, 0.25) is 0 Å². The van der Waals surface area contributed by atoms with Crippen LogP contribution in [-0.2, 0) is 14.0 Å². The molecule has 0 spiro atoms. The second kappa shape index (κ2) is 8.55. The number of imidazole rings is 1. The number of aliphatic hydroxyl groups is 2. The van der Waals surface area contributed by atoms with Crippen LogP contribution in [0.4, 0.5) is 11.5 Å². The fourth-order valence-electron chi connectivity index (χ4n) is 3.35. The summed E-state index contributed by atoms with van der Waals surface area (Å²) in [5.74, 6) is 0.518. The van der Waals surface area contributed by atoms with Crippen molar-refractivity contribution >= 4 is 30.3 Å². The van der Waals surface area contributed by atoms with E-state index in [0.717, 1.165) is 5.69 Å². The molecule has 0 saturated carbocycles. The van der Waals surface area contributed by atoms with Crippen LogP contribution in [0.25, 0.3) is 11.2 Å². The van der Waals surface area contributed by atoms with E-state index in [1.54, 1.807) is 12.4 Å². The van der Waals surface area contributed by atoms with E-state index in [1.807, 2.05) is 24.1 Å². The third-order valence-corrected chi connectivity index (χ3v) is 5.38. The van der Waals surface area contributed by atoms with E-state index in [2.05, 4.69) is 19.9 Å². The third-order valence-electron chi connectivity index (χ3n) is 4.86. The molecule has 14 heteroatoms. The Balaban J connectivity index is 1.58. The van der Waals surface area contributed by atoms with Crippen LogP contribution < -0.4 is 4.90 Å². The Kier molecular flexibility index (Phi) is 5.99. The fraction of sp³-hybridized carbons (Fsp3) is 0.412. The van der Waals surface area contributed by atoms with Crippen molar-refractivity contribution in [3.63, 3.8) is 0 Å². The first-order valence-electron chi connectivity index (χ1n) is 9.21. The molecule has 4 heterocycles. The van der Waals surface area contributed by atoms with Crippen molar-refractivity contribution in [1.82, 2.24) is 24.5 Å². The maximum atomic E-state index is 10.9. The lowest BCUT2D eigenvalue weighted by atomic mass is 10.1. The molecule has 0 bridgehead atoms. The van der Waals surface area contributed by atoms with Gasteiger partial charge in [-0.2, -0.15) is 0 Å². The van der Waals surface area contributed by atoms with Gasteiger partial charge in [0, 0.05) is 25.1 Å². The molecule has 13 nitrogen and oxygen atoms in total. The Labute approximate surface area is 176 Å². The lowest BCUT2D eigenvalue weighted by molar-refractivity contribution is -0.0612. The molecule has 31 heavy (non-hydrogen) atoms. The molecule has 166 valence electrons. The number of anilines is 2. The highest BCUT2D eigenvalue weighted by molar-refractivity contribution is 7.51. The van der Waals surface area contributed by atoms with Crippen molar-refractivity contribution in [3.05, 3.63) is 37.2 Å². The van der Waals surface area contributed by atoms with Crippen LogP contribution in [0.15, 0.2) is 37.2 Å². The molecule has 1 saturated heterocycles. The van der Waals surface area contributed by atoms with Gasteiger partial charge in [-0.25, -0.2) is 15.0 Å². The van der Waals surface area contributed by atoms with Gasteiger partial charge in [0.15, 0.2) is 23.2 Å². The van der Waals surface area contributed by atoms with Gasteiger partial charge in [-0.15, -0.1) is 0 Å². The fourth-order valence-corrected chi connectivity index (χ4v) is 3.69. The smallest absolute Gasteiger partial charge is 0.350 e. The molecular formula is C17H21N6O7P. The Morgan fingerprint density at radius 3 is 2.65 bits per heavy atom. The van der Waals surface area contributed by atoms with Crippen LogP contribution >= 0.6 is 7.60 Å². The van der Waals surface area contributed by atoms with E-state index < -0.39 is 38.5 Å². The van der Waals surface area contributed by atoms with Gasteiger partial charge in [0.1, 0.15) is 31.0 Å². The first-order chi connectivity index (χ1) is 14.8. The zero-order valence-electron chi connectivity index (χ0n) is 16.3. The van der Waals surface area contributed by atoms with Crippen LogP contribution in [0.5, 0.6) is 0 Å². The summed E-state index contributed by atoms with van der Waals surface area (Å²) < 4.78 is 23.0. The molecule has 4 N–H and O–H groups in total. The van der Waals surface area contributed by atoms with Crippen molar-refractivity contribution in [3.8, 4) is 0 Å². The average molecular weight is 452 g/mol. The number of hydrogen-bond donors (Lipinski definition) is 4. The summed E-state index contributed by atoms with van der Waals surface area (Å²) in [6.07, 6.45) is 0.573. The van der Waals surface area contributed by atoms with Crippen molar-refractivity contribution in [2.45, 2.75) is 24.5 Å². The standard InChI is InChI=1S/C17H21N6O7P/c1-22(10-2-4-18-5-3-10)15-12-16(20-7-19-15)23(8-21-12)17-14(25)13(24)11(30-17)6-29-9-31(26,27)28/h2-5,7-8,11,13-14,17,24-25H,6,9H2,1H3,(H2,26,27,28)/t11-,13-,14-,17-/m1/s1. The predicted molar refractivity (Wildman–Crippen MR) is 106 cm³/mol. The number of nitrogens with zero attached hydrogens (tertiary/aromatic N) is 6. The molecule has 4 rings (SSSR count). The predicted octanol–water partition coefficient (Wildman–Crippen LogP) is -0.240. The van der Waals surface area contributed by atoms with Crippen LogP contribution in [-0.4, -0.2) is 82.8 Å². The third kappa shape index (κ3) is 4.43. The van der Waals surface area contributed by atoms with E-state index in [-0.39, 0.29) is 6.61 Å². The van der Waals surface area contributed by atoms with E-state index in [9.17, 15) is 14.8 Å². The SMILES string of the molecule is CN(c1ccncc1)c1ncnc2c1ncn2[C@@H]1O[C@H](COCP(=O)(O)O)[C@@H](O)[C@H]1O. The Hall–Kier alpha value is -2.51. The van der Waals surface area contributed by atoms with Crippen molar-refractivity contribution in [2.75, 3.05) is 24.9 Å². The minimum Gasteiger partial charge on any atom is -0.387 e. The quantitative estimate of drug-likeness (QED) is 0.347.